The molecule has 0 bridgehead atoms. The van der Waals surface area contributed by atoms with Gasteiger partial charge in [-0.25, -0.2) is 0 Å². The van der Waals surface area contributed by atoms with Gasteiger partial charge < -0.3 is 15.2 Å². The molecule has 1 amide bonds. The highest BCUT2D eigenvalue weighted by Gasteiger charge is 2.29. The average molecular weight is 301 g/mol. The Morgan fingerprint density at radius 3 is 3.05 bits per heavy atom. The Morgan fingerprint density at radius 2 is 2.27 bits per heavy atom. The first kappa shape index (κ1) is 14.4. The SMILES string of the molecule is COc1cc(O)cc(NC(=O)C2CCCc3nn(C)cc32)c1. The molecule has 0 aliphatic heterocycles. The molecule has 1 atom stereocenters. The Balaban J connectivity index is 1.82. The molecule has 0 saturated carbocycles. The van der Waals surface area contributed by atoms with Crippen LogP contribution in [0.1, 0.15) is 30.0 Å². The molecule has 6 heteroatoms. The summed E-state index contributed by atoms with van der Waals surface area (Å²) in [5.41, 5.74) is 2.53. The van der Waals surface area contributed by atoms with Gasteiger partial charge in [-0.2, -0.15) is 5.10 Å². The van der Waals surface area contributed by atoms with Gasteiger partial charge in [0.15, 0.2) is 0 Å². The van der Waals surface area contributed by atoms with Crippen LogP contribution in [0, 0.1) is 0 Å². The van der Waals surface area contributed by atoms with Gasteiger partial charge in [0.1, 0.15) is 11.5 Å². The Bertz CT molecular complexity index is 709. The molecule has 1 aliphatic rings. The summed E-state index contributed by atoms with van der Waals surface area (Å²) in [5.74, 6) is 0.272. The number of carbonyl (C=O) groups is 1. The Hall–Kier alpha value is -2.50. The van der Waals surface area contributed by atoms with Crippen molar-refractivity contribution in [3.8, 4) is 11.5 Å². The third-order valence-electron chi connectivity index (χ3n) is 3.93. The Kier molecular flexibility index (Phi) is 3.75. The number of hydrogen-bond donors (Lipinski definition) is 2. The Labute approximate surface area is 128 Å². The van der Waals surface area contributed by atoms with Gasteiger partial charge in [-0.3, -0.25) is 9.48 Å². The first-order valence-corrected chi connectivity index (χ1v) is 7.28. The molecule has 6 nitrogen and oxygen atoms in total. The predicted molar refractivity (Wildman–Crippen MR) is 82.2 cm³/mol. The summed E-state index contributed by atoms with van der Waals surface area (Å²) in [4.78, 5) is 12.6. The van der Waals surface area contributed by atoms with E-state index >= 15 is 0 Å². The number of phenolic OH excluding ortho intramolecular Hbond substituents is 1. The molecule has 1 unspecified atom stereocenters. The summed E-state index contributed by atoms with van der Waals surface area (Å²) in [5, 5.41) is 16.9. The second-order valence-corrected chi connectivity index (χ2v) is 5.56. The number of nitrogens with zero attached hydrogens (tertiary/aromatic N) is 2. The highest BCUT2D eigenvalue weighted by atomic mass is 16.5. The van der Waals surface area contributed by atoms with Gasteiger partial charge in [-0.15, -0.1) is 0 Å². The number of aromatic nitrogens is 2. The number of fused-ring (bicyclic) bond motifs is 1. The molecular weight excluding hydrogens is 282 g/mol. The van der Waals surface area contributed by atoms with Crippen LogP contribution in [0.3, 0.4) is 0 Å². The highest BCUT2D eigenvalue weighted by Crippen LogP contribution is 2.32. The third kappa shape index (κ3) is 2.77. The summed E-state index contributed by atoms with van der Waals surface area (Å²) >= 11 is 0. The van der Waals surface area contributed by atoms with E-state index in [9.17, 15) is 9.90 Å². The molecule has 116 valence electrons. The predicted octanol–water partition coefficient (Wildman–Crippen LogP) is 2.19. The molecule has 1 aliphatic carbocycles. The van der Waals surface area contributed by atoms with E-state index in [0.717, 1.165) is 30.5 Å². The summed E-state index contributed by atoms with van der Waals surface area (Å²) in [6.07, 6.45) is 4.59. The molecule has 0 saturated heterocycles. The van der Waals surface area contributed by atoms with E-state index in [-0.39, 0.29) is 17.6 Å². The van der Waals surface area contributed by atoms with Crippen molar-refractivity contribution in [1.29, 1.82) is 0 Å². The van der Waals surface area contributed by atoms with Crippen LogP contribution in [0.25, 0.3) is 0 Å². The van der Waals surface area contributed by atoms with Crippen molar-refractivity contribution in [1.82, 2.24) is 9.78 Å². The van der Waals surface area contributed by atoms with Crippen LogP contribution in [0.15, 0.2) is 24.4 Å². The average Bonchev–Trinajstić information content (AvgIpc) is 2.86. The summed E-state index contributed by atoms with van der Waals surface area (Å²) in [7, 11) is 3.39. The van der Waals surface area contributed by atoms with Crippen molar-refractivity contribution in [2.45, 2.75) is 25.2 Å². The van der Waals surface area contributed by atoms with Crippen molar-refractivity contribution >= 4 is 11.6 Å². The molecule has 1 aromatic heterocycles. The van der Waals surface area contributed by atoms with Crippen molar-refractivity contribution in [2.24, 2.45) is 7.05 Å². The fraction of sp³-hybridized carbons (Fsp3) is 0.375. The largest absolute Gasteiger partial charge is 0.508 e. The van der Waals surface area contributed by atoms with Crippen LogP contribution < -0.4 is 10.1 Å². The van der Waals surface area contributed by atoms with Gasteiger partial charge in [0.25, 0.3) is 0 Å². The van der Waals surface area contributed by atoms with Gasteiger partial charge in [-0.05, 0) is 19.3 Å². The van der Waals surface area contributed by atoms with Gasteiger partial charge >= 0.3 is 0 Å². The van der Waals surface area contributed by atoms with E-state index < -0.39 is 0 Å². The first-order chi connectivity index (χ1) is 10.6. The minimum absolute atomic E-state index is 0.0559. The molecular formula is C16H19N3O3. The number of anilines is 1. The lowest BCUT2D eigenvalue weighted by Gasteiger charge is -2.21. The number of carbonyl (C=O) groups excluding carboxylic acids is 1. The minimum Gasteiger partial charge on any atom is -0.508 e. The van der Waals surface area contributed by atoms with Crippen molar-refractivity contribution in [3.63, 3.8) is 0 Å². The van der Waals surface area contributed by atoms with Crippen LogP contribution in [0.5, 0.6) is 11.5 Å². The highest BCUT2D eigenvalue weighted by molar-refractivity contribution is 5.96. The van der Waals surface area contributed by atoms with Crippen molar-refractivity contribution < 1.29 is 14.6 Å². The maximum absolute atomic E-state index is 12.6. The van der Waals surface area contributed by atoms with Gasteiger partial charge in [0, 0.05) is 42.7 Å². The lowest BCUT2D eigenvalue weighted by Crippen LogP contribution is -2.24. The molecule has 1 aromatic carbocycles. The minimum atomic E-state index is -0.203. The van der Waals surface area contributed by atoms with Crippen LogP contribution in [-0.4, -0.2) is 27.9 Å². The number of amides is 1. The van der Waals surface area contributed by atoms with E-state index in [4.69, 9.17) is 4.74 Å². The van der Waals surface area contributed by atoms with E-state index in [0.29, 0.717) is 11.4 Å². The van der Waals surface area contributed by atoms with E-state index in [1.807, 2.05) is 13.2 Å². The third-order valence-corrected chi connectivity index (χ3v) is 3.93. The van der Waals surface area contributed by atoms with Gasteiger partial charge in [-0.1, -0.05) is 0 Å². The number of aryl methyl sites for hydroxylation is 2. The van der Waals surface area contributed by atoms with Crippen LogP contribution in [0.4, 0.5) is 5.69 Å². The number of benzene rings is 1. The lowest BCUT2D eigenvalue weighted by molar-refractivity contribution is -0.117. The molecule has 22 heavy (non-hydrogen) atoms. The molecule has 3 rings (SSSR count). The van der Waals surface area contributed by atoms with Crippen molar-refractivity contribution in [2.75, 3.05) is 12.4 Å². The number of hydrogen-bond acceptors (Lipinski definition) is 4. The maximum Gasteiger partial charge on any atom is 0.232 e. The lowest BCUT2D eigenvalue weighted by atomic mass is 9.86. The van der Waals surface area contributed by atoms with Gasteiger partial charge in [0.05, 0.1) is 18.7 Å². The van der Waals surface area contributed by atoms with Crippen molar-refractivity contribution in [3.05, 3.63) is 35.7 Å². The molecule has 0 radical (unpaired) electrons. The second-order valence-electron chi connectivity index (χ2n) is 5.56. The first-order valence-electron chi connectivity index (χ1n) is 7.28. The summed E-state index contributed by atoms with van der Waals surface area (Å²) in [6, 6.07) is 4.69. The molecule has 2 aromatic rings. The molecule has 0 fully saturated rings. The van der Waals surface area contributed by atoms with Gasteiger partial charge in [0.2, 0.25) is 5.91 Å². The van der Waals surface area contributed by atoms with E-state index in [2.05, 4.69) is 10.4 Å². The second kappa shape index (κ2) is 5.71. The molecule has 1 heterocycles. The van der Waals surface area contributed by atoms with E-state index in [1.165, 1.54) is 19.2 Å². The maximum atomic E-state index is 12.6. The topological polar surface area (TPSA) is 76.4 Å². The zero-order valence-corrected chi connectivity index (χ0v) is 12.7. The van der Waals surface area contributed by atoms with Crippen LogP contribution in [0.2, 0.25) is 0 Å². The number of phenols is 1. The standard InChI is InChI=1S/C16H19N3O3/c1-19-9-14-13(4-3-5-15(14)18-19)16(21)17-10-6-11(20)8-12(7-10)22-2/h6-9,13,20H,3-5H2,1-2H3,(H,17,21). The fourth-order valence-corrected chi connectivity index (χ4v) is 2.94. The zero-order chi connectivity index (χ0) is 15.7. The van der Waals surface area contributed by atoms with Crippen LogP contribution >= 0.6 is 0 Å². The van der Waals surface area contributed by atoms with E-state index in [1.54, 1.807) is 10.7 Å². The number of ether oxygens (including phenoxy) is 1. The fourth-order valence-electron chi connectivity index (χ4n) is 2.94. The van der Waals surface area contributed by atoms with Crippen LogP contribution in [-0.2, 0) is 18.3 Å². The molecule has 2 N–H and O–H groups in total. The summed E-state index contributed by atoms with van der Waals surface area (Å²) < 4.78 is 6.86. The zero-order valence-electron chi connectivity index (χ0n) is 12.7. The molecule has 0 spiro atoms. The smallest absolute Gasteiger partial charge is 0.232 e. The number of rotatable bonds is 3. The quantitative estimate of drug-likeness (QED) is 0.911. The monoisotopic (exact) mass is 301 g/mol. The normalized spacial score (nSPS) is 16.9. The number of aromatic hydroxyl groups is 1. The number of methoxy groups -OCH3 is 1. The number of nitrogens with one attached hydrogen (secondary N) is 1. The summed E-state index contributed by atoms with van der Waals surface area (Å²) in [6.45, 7) is 0. The Morgan fingerprint density at radius 1 is 1.45 bits per heavy atom.